The molecule has 1 aromatic rings. The van der Waals surface area contributed by atoms with Gasteiger partial charge in [0.1, 0.15) is 0 Å². The highest BCUT2D eigenvalue weighted by Crippen LogP contribution is 2.36. The molecule has 0 spiro atoms. The van der Waals surface area contributed by atoms with E-state index < -0.39 is 0 Å². The smallest absolute Gasteiger partial charge is 0.0341 e. The zero-order valence-electron chi connectivity index (χ0n) is 13.2. The van der Waals surface area contributed by atoms with Gasteiger partial charge >= 0.3 is 0 Å². The molecule has 3 unspecified atom stereocenters. The second-order valence-corrected chi connectivity index (χ2v) is 6.71. The third-order valence-corrected chi connectivity index (χ3v) is 5.21. The molecule has 1 aliphatic heterocycles. The highest BCUT2D eigenvalue weighted by atomic mass is 15.2. The Bertz CT molecular complexity index is 460. The third kappa shape index (κ3) is 3.47. The molecular formula is C18H29N3. The lowest BCUT2D eigenvalue weighted by molar-refractivity contribution is 0.158. The maximum atomic E-state index is 6.23. The number of benzene rings is 1. The van der Waals surface area contributed by atoms with E-state index in [9.17, 15) is 0 Å². The zero-order valence-corrected chi connectivity index (χ0v) is 13.2. The third-order valence-electron chi connectivity index (χ3n) is 5.21. The lowest BCUT2D eigenvalue weighted by atomic mass is 10.0. The molecule has 1 heterocycles. The van der Waals surface area contributed by atoms with Gasteiger partial charge < -0.3 is 16.0 Å². The summed E-state index contributed by atoms with van der Waals surface area (Å²) in [6.07, 6.45) is 6.44. The van der Waals surface area contributed by atoms with Gasteiger partial charge in [-0.2, -0.15) is 0 Å². The molecular weight excluding hydrogens is 258 g/mol. The zero-order chi connectivity index (χ0) is 14.7. The molecule has 3 N–H and O–H groups in total. The van der Waals surface area contributed by atoms with E-state index in [0.29, 0.717) is 6.04 Å². The van der Waals surface area contributed by atoms with Crippen molar-refractivity contribution in [3.63, 3.8) is 0 Å². The SMILES string of the molecule is CC1CCCCN1CCCNC1CC(N)c2ccccc21. The van der Waals surface area contributed by atoms with E-state index in [0.717, 1.165) is 19.0 Å². The fraction of sp³-hybridized carbons (Fsp3) is 0.667. The quantitative estimate of drug-likeness (QED) is 0.818. The average Bonchev–Trinajstić information content (AvgIpc) is 2.82. The van der Waals surface area contributed by atoms with Crippen LogP contribution in [-0.2, 0) is 0 Å². The summed E-state index contributed by atoms with van der Waals surface area (Å²) < 4.78 is 0. The minimum atomic E-state index is 0.209. The molecule has 0 saturated carbocycles. The minimum Gasteiger partial charge on any atom is -0.324 e. The summed E-state index contributed by atoms with van der Waals surface area (Å²) in [5, 5.41) is 3.72. The number of likely N-dealkylation sites (tertiary alicyclic amines) is 1. The van der Waals surface area contributed by atoms with Crippen molar-refractivity contribution in [2.24, 2.45) is 5.73 Å². The molecule has 3 rings (SSSR count). The lowest BCUT2D eigenvalue weighted by Crippen LogP contribution is -2.39. The topological polar surface area (TPSA) is 41.3 Å². The molecule has 1 saturated heterocycles. The van der Waals surface area contributed by atoms with E-state index in [-0.39, 0.29) is 6.04 Å². The molecule has 3 nitrogen and oxygen atoms in total. The van der Waals surface area contributed by atoms with Gasteiger partial charge in [0.05, 0.1) is 0 Å². The fourth-order valence-electron chi connectivity index (χ4n) is 3.92. The van der Waals surface area contributed by atoms with E-state index >= 15 is 0 Å². The van der Waals surface area contributed by atoms with Crippen molar-refractivity contribution in [2.45, 2.75) is 57.2 Å². The van der Waals surface area contributed by atoms with E-state index in [1.807, 2.05) is 0 Å². The summed E-state index contributed by atoms with van der Waals surface area (Å²) in [7, 11) is 0. The van der Waals surface area contributed by atoms with Crippen LogP contribution >= 0.6 is 0 Å². The Morgan fingerprint density at radius 3 is 2.86 bits per heavy atom. The lowest BCUT2D eigenvalue weighted by Gasteiger charge is -2.33. The van der Waals surface area contributed by atoms with Crippen molar-refractivity contribution < 1.29 is 0 Å². The molecule has 0 radical (unpaired) electrons. The van der Waals surface area contributed by atoms with Crippen molar-refractivity contribution in [3.05, 3.63) is 35.4 Å². The normalized spacial score (nSPS) is 29.5. The van der Waals surface area contributed by atoms with Crippen LogP contribution in [0.5, 0.6) is 0 Å². The summed E-state index contributed by atoms with van der Waals surface area (Å²) in [4.78, 5) is 2.65. The van der Waals surface area contributed by atoms with Gasteiger partial charge in [-0.15, -0.1) is 0 Å². The van der Waals surface area contributed by atoms with Crippen LogP contribution in [0.3, 0.4) is 0 Å². The van der Waals surface area contributed by atoms with Crippen LogP contribution in [0.2, 0.25) is 0 Å². The van der Waals surface area contributed by atoms with Gasteiger partial charge in [0, 0.05) is 18.1 Å². The molecule has 0 amide bonds. The molecule has 116 valence electrons. The van der Waals surface area contributed by atoms with Gasteiger partial charge in [0.25, 0.3) is 0 Å². The second kappa shape index (κ2) is 6.91. The number of fused-ring (bicyclic) bond motifs is 1. The van der Waals surface area contributed by atoms with Gasteiger partial charge in [0.15, 0.2) is 0 Å². The predicted octanol–water partition coefficient (Wildman–Crippen LogP) is 2.99. The van der Waals surface area contributed by atoms with Crippen LogP contribution < -0.4 is 11.1 Å². The monoisotopic (exact) mass is 287 g/mol. The van der Waals surface area contributed by atoms with Crippen LogP contribution in [0.15, 0.2) is 24.3 Å². The Labute approximate surface area is 128 Å². The van der Waals surface area contributed by atoms with Crippen molar-refractivity contribution in [1.29, 1.82) is 0 Å². The molecule has 3 heteroatoms. The van der Waals surface area contributed by atoms with Crippen molar-refractivity contribution in [2.75, 3.05) is 19.6 Å². The first-order valence-electron chi connectivity index (χ1n) is 8.57. The first kappa shape index (κ1) is 15.0. The Hall–Kier alpha value is -0.900. The van der Waals surface area contributed by atoms with Gasteiger partial charge in [-0.25, -0.2) is 0 Å². The first-order chi connectivity index (χ1) is 10.3. The Morgan fingerprint density at radius 2 is 2.05 bits per heavy atom. The second-order valence-electron chi connectivity index (χ2n) is 6.71. The number of rotatable bonds is 5. The van der Waals surface area contributed by atoms with Crippen molar-refractivity contribution in [1.82, 2.24) is 10.2 Å². The van der Waals surface area contributed by atoms with Crippen LogP contribution in [-0.4, -0.2) is 30.6 Å². The van der Waals surface area contributed by atoms with E-state index in [1.54, 1.807) is 0 Å². The standard InChI is InChI=1S/C18H29N3/c1-14-7-4-5-11-21(14)12-6-10-20-18-13-17(19)15-8-2-3-9-16(15)18/h2-3,8-9,14,17-18,20H,4-7,10-13,19H2,1H3. The molecule has 2 aliphatic rings. The van der Waals surface area contributed by atoms with Crippen LogP contribution in [0.4, 0.5) is 0 Å². The van der Waals surface area contributed by atoms with Crippen molar-refractivity contribution >= 4 is 0 Å². The summed E-state index contributed by atoms with van der Waals surface area (Å²) in [6, 6.07) is 10.1. The van der Waals surface area contributed by atoms with Gasteiger partial charge in [-0.05, 0) is 63.4 Å². The van der Waals surface area contributed by atoms with Crippen LogP contribution in [0.1, 0.15) is 62.2 Å². The average molecular weight is 287 g/mol. The largest absolute Gasteiger partial charge is 0.324 e. The van der Waals surface area contributed by atoms with Crippen LogP contribution in [0, 0.1) is 0 Å². The van der Waals surface area contributed by atoms with Crippen LogP contribution in [0.25, 0.3) is 0 Å². The predicted molar refractivity (Wildman–Crippen MR) is 88.2 cm³/mol. The number of nitrogens with one attached hydrogen (secondary N) is 1. The van der Waals surface area contributed by atoms with Crippen molar-refractivity contribution in [3.8, 4) is 0 Å². The number of nitrogens with two attached hydrogens (primary N) is 1. The molecule has 3 atom stereocenters. The highest BCUT2D eigenvalue weighted by molar-refractivity contribution is 5.37. The highest BCUT2D eigenvalue weighted by Gasteiger charge is 2.27. The molecule has 1 fully saturated rings. The summed E-state index contributed by atoms with van der Waals surface area (Å²) in [6.45, 7) is 5.99. The first-order valence-corrected chi connectivity index (χ1v) is 8.57. The summed E-state index contributed by atoms with van der Waals surface area (Å²) in [5.74, 6) is 0. The minimum absolute atomic E-state index is 0.209. The fourth-order valence-corrected chi connectivity index (χ4v) is 3.92. The van der Waals surface area contributed by atoms with E-state index in [4.69, 9.17) is 5.73 Å². The summed E-state index contributed by atoms with van der Waals surface area (Å²) in [5.41, 5.74) is 8.97. The Kier molecular flexibility index (Phi) is 4.94. The molecule has 0 bridgehead atoms. The Balaban J connectivity index is 1.44. The van der Waals surface area contributed by atoms with Gasteiger partial charge in [-0.1, -0.05) is 30.7 Å². The molecule has 0 aromatic heterocycles. The molecule has 1 aromatic carbocycles. The molecule has 21 heavy (non-hydrogen) atoms. The maximum Gasteiger partial charge on any atom is 0.0341 e. The van der Waals surface area contributed by atoms with Gasteiger partial charge in [-0.3, -0.25) is 0 Å². The number of nitrogens with zero attached hydrogens (tertiary/aromatic N) is 1. The Morgan fingerprint density at radius 1 is 1.24 bits per heavy atom. The van der Waals surface area contributed by atoms with Gasteiger partial charge in [0.2, 0.25) is 0 Å². The molecule has 1 aliphatic carbocycles. The number of hydrogen-bond donors (Lipinski definition) is 2. The summed E-state index contributed by atoms with van der Waals surface area (Å²) >= 11 is 0. The number of hydrogen-bond acceptors (Lipinski definition) is 3. The maximum absolute atomic E-state index is 6.23. The van der Waals surface area contributed by atoms with E-state index in [2.05, 4.69) is 41.4 Å². The number of piperidine rings is 1. The van der Waals surface area contributed by atoms with E-state index in [1.165, 1.54) is 49.9 Å².